The summed E-state index contributed by atoms with van der Waals surface area (Å²) in [6.07, 6.45) is -3.86. The lowest BCUT2D eigenvalue weighted by atomic mass is 10.0. The molecule has 10 heteroatoms. The number of alkyl halides is 3. The maximum atomic E-state index is 14.3. The van der Waals surface area contributed by atoms with E-state index < -0.39 is 23.5 Å². The van der Waals surface area contributed by atoms with E-state index in [1.54, 1.807) is 0 Å². The molecule has 1 aromatic carbocycles. The fourth-order valence-electron chi connectivity index (χ4n) is 3.36. The van der Waals surface area contributed by atoms with Gasteiger partial charge in [-0.2, -0.15) is 13.2 Å². The van der Waals surface area contributed by atoms with Crippen molar-refractivity contribution in [2.45, 2.75) is 12.7 Å². The average Bonchev–Trinajstić information content (AvgIpc) is 3.16. The molecule has 0 saturated carbocycles. The molecule has 1 amide bonds. The maximum Gasteiger partial charge on any atom is 0.420 e. The Morgan fingerprint density at radius 3 is 2.57 bits per heavy atom. The lowest BCUT2D eigenvalue weighted by Gasteiger charge is -2.27. The van der Waals surface area contributed by atoms with Crippen LogP contribution in [0.4, 0.5) is 17.6 Å². The topological polar surface area (TPSA) is 81.6 Å². The van der Waals surface area contributed by atoms with E-state index in [0.717, 1.165) is 12.3 Å². The third-order valence-electron chi connectivity index (χ3n) is 4.85. The molecule has 0 unspecified atom stereocenters. The van der Waals surface area contributed by atoms with Crippen molar-refractivity contribution in [3.63, 3.8) is 0 Å². The van der Waals surface area contributed by atoms with Gasteiger partial charge in [-0.15, -0.1) is 0 Å². The highest BCUT2D eigenvalue weighted by Crippen LogP contribution is 2.39. The number of carbonyl (C=O) groups is 1. The molecular formula is C20H17F4N3O3. The van der Waals surface area contributed by atoms with Gasteiger partial charge in [-0.3, -0.25) is 9.78 Å². The highest BCUT2D eigenvalue weighted by molar-refractivity contribution is 5.96. The number of hydrogen-bond donors (Lipinski definition) is 1. The van der Waals surface area contributed by atoms with Crippen LogP contribution in [0.15, 0.2) is 34.9 Å². The number of fused-ring (bicyclic) bond motifs is 1. The number of morpholine rings is 1. The molecule has 1 fully saturated rings. The number of aromatic nitrogens is 1. The number of furan rings is 1. The second-order valence-corrected chi connectivity index (χ2v) is 6.81. The van der Waals surface area contributed by atoms with Crippen molar-refractivity contribution in [1.29, 1.82) is 0 Å². The molecule has 1 saturated heterocycles. The van der Waals surface area contributed by atoms with Gasteiger partial charge in [0.25, 0.3) is 5.91 Å². The fourth-order valence-corrected chi connectivity index (χ4v) is 3.36. The average molecular weight is 423 g/mol. The van der Waals surface area contributed by atoms with E-state index in [2.05, 4.69) is 4.98 Å². The first-order valence-electron chi connectivity index (χ1n) is 9.14. The molecule has 1 aliphatic heterocycles. The summed E-state index contributed by atoms with van der Waals surface area (Å²) in [6, 6.07) is 4.89. The monoisotopic (exact) mass is 423 g/mol. The van der Waals surface area contributed by atoms with Crippen molar-refractivity contribution in [3.8, 4) is 11.3 Å². The quantitative estimate of drug-likeness (QED) is 0.652. The van der Waals surface area contributed by atoms with Crippen LogP contribution in [0.5, 0.6) is 0 Å². The van der Waals surface area contributed by atoms with Crippen molar-refractivity contribution in [1.82, 2.24) is 9.88 Å². The van der Waals surface area contributed by atoms with Gasteiger partial charge in [0, 0.05) is 24.0 Å². The predicted molar refractivity (Wildman–Crippen MR) is 99.0 cm³/mol. The number of pyridine rings is 1. The molecule has 3 aromatic rings. The molecule has 0 radical (unpaired) electrons. The zero-order chi connectivity index (χ0) is 21.5. The van der Waals surface area contributed by atoms with Gasteiger partial charge in [0.2, 0.25) is 0 Å². The van der Waals surface area contributed by atoms with Crippen molar-refractivity contribution in [2.24, 2.45) is 5.73 Å². The number of hydrogen-bond acceptors (Lipinski definition) is 5. The molecule has 1 aliphatic rings. The van der Waals surface area contributed by atoms with Gasteiger partial charge in [-0.05, 0) is 24.3 Å². The van der Waals surface area contributed by atoms with Gasteiger partial charge in [-0.1, -0.05) is 0 Å². The minimum atomic E-state index is -4.69. The SMILES string of the molecule is NCc1cc2cc(-c3cc(C(=O)N4CCOCC4)c(F)cn3)cc(C(F)(F)F)c2o1. The normalized spacial score (nSPS) is 15.0. The van der Waals surface area contributed by atoms with E-state index in [1.807, 2.05) is 0 Å². The summed E-state index contributed by atoms with van der Waals surface area (Å²) in [5, 5.41) is 0.187. The molecule has 158 valence electrons. The Kier molecular flexibility index (Phi) is 5.20. The molecule has 2 aromatic heterocycles. The molecule has 0 bridgehead atoms. The van der Waals surface area contributed by atoms with Gasteiger partial charge in [-0.25, -0.2) is 4.39 Å². The predicted octanol–water partition coefficient (Wildman–Crippen LogP) is 3.58. The summed E-state index contributed by atoms with van der Waals surface area (Å²) in [4.78, 5) is 18.0. The molecule has 30 heavy (non-hydrogen) atoms. The molecule has 3 heterocycles. The Bertz CT molecular complexity index is 1100. The number of carbonyl (C=O) groups excluding carboxylic acids is 1. The Morgan fingerprint density at radius 2 is 1.90 bits per heavy atom. The molecule has 0 aliphatic carbocycles. The van der Waals surface area contributed by atoms with E-state index in [9.17, 15) is 22.4 Å². The first kappa shape index (κ1) is 20.3. The zero-order valence-corrected chi connectivity index (χ0v) is 15.6. The molecule has 6 nitrogen and oxygen atoms in total. The smallest absolute Gasteiger partial charge is 0.420 e. The lowest BCUT2D eigenvalue weighted by molar-refractivity contribution is -0.136. The van der Waals surface area contributed by atoms with Crippen molar-refractivity contribution < 1.29 is 31.5 Å². The van der Waals surface area contributed by atoms with Crippen LogP contribution < -0.4 is 5.73 Å². The van der Waals surface area contributed by atoms with E-state index in [0.29, 0.717) is 26.3 Å². The summed E-state index contributed by atoms with van der Waals surface area (Å²) in [5.41, 5.74) is 4.01. The van der Waals surface area contributed by atoms with Crippen LogP contribution in [0.1, 0.15) is 21.7 Å². The second-order valence-electron chi connectivity index (χ2n) is 6.81. The molecule has 0 atom stereocenters. The first-order chi connectivity index (χ1) is 14.3. The van der Waals surface area contributed by atoms with E-state index in [-0.39, 0.29) is 40.1 Å². The first-order valence-corrected chi connectivity index (χ1v) is 9.14. The Hall–Kier alpha value is -2.98. The number of halogens is 4. The van der Waals surface area contributed by atoms with Gasteiger partial charge in [0.15, 0.2) is 5.82 Å². The van der Waals surface area contributed by atoms with Crippen LogP contribution in [0.2, 0.25) is 0 Å². The van der Waals surface area contributed by atoms with Gasteiger partial charge >= 0.3 is 6.18 Å². The van der Waals surface area contributed by atoms with Crippen LogP contribution in [0, 0.1) is 5.82 Å². The second kappa shape index (κ2) is 7.69. The summed E-state index contributed by atoms with van der Waals surface area (Å²) < 4.78 is 65.5. The van der Waals surface area contributed by atoms with E-state index >= 15 is 0 Å². The third-order valence-corrected chi connectivity index (χ3v) is 4.85. The van der Waals surface area contributed by atoms with Crippen molar-refractivity contribution in [3.05, 3.63) is 53.2 Å². The molecule has 2 N–H and O–H groups in total. The number of rotatable bonds is 3. The van der Waals surface area contributed by atoms with Crippen LogP contribution in [-0.2, 0) is 17.5 Å². The summed E-state index contributed by atoms with van der Waals surface area (Å²) in [5.74, 6) is -1.21. The summed E-state index contributed by atoms with van der Waals surface area (Å²) >= 11 is 0. The minimum absolute atomic E-state index is 0.0379. The van der Waals surface area contributed by atoms with Crippen LogP contribution in [0.3, 0.4) is 0 Å². The van der Waals surface area contributed by atoms with Gasteiger partial charge in [0.05, 0.1) is 42.8 Å². The molecule has 0 spiro atoms. The maximum absolute atomic E-state index is 14.3. The van der Waals surface area contributed by atoms with Crippen LogP contribution in [0.25, 0.3) is 22.2 Å². The van der Waals surface area contributed by atoms with E-state index in [1.165, 1.54) is 23.1 Å². The van der Waals surface area contributed by atoms with Crippen molar-refractivity contribution >= 4 is 16.9 Å². The number of ether oxygens (including phenoxy) is 1. The Balaban J connectivity index is 1.81. The number of nitrogens with two attached hydrogens (primary N) is 1. The zero-order valence-electron chi connectivity index (χ0n) is 15.6. The molecule has 4 rings (SSSR count). The lowest BCUT2D eigenvalue weighted by Crippen LogP contribution is -2.41. The standard InChI is InChI=1S/C20H17F4N3O3/c21-16-10-26-17(8-14(16)19(28)27-1-3-29-4-2-27)11-5-12-6-13(9-25)30-18(12)15(7-11)20(22,23)24/h5-8,10H,1-4,9,25H2. The highest BCUT2D eigenvalue weighted by atomic mass is 19.4. The third kappa shape index (κ3) is 3.75. The number of amides is 1. The van der Waals surface area contributed by atoms with Crippen molar-refractivity contribution in [2.75, 3.05) is 26.3 Å². The van der Waals surface area contributed by atoms with E-state index in [4.69, 9.17) is 14.9 Å². The number of benzene rings is 1. The Labute approximate surface area is 168 Å². The minimum Gasteiger partial charge on any atom is -0.459 e. The fraction of sp³-hybridized carbons (Fsp3) is 0.300. The summed E-state index contributed by atoms with van der Waals surface area (Å²) in [6.45, 7) is 1.21. The van der Waals surface area contributed by atoms with Crippen LogP contribution >= 0.6 is 0 Å². The Morgan fingerprint density at radius 1 is 1.17 bits per heavy atom. The van der Waals surface area contributed by atoms with Gasteiger partial charge in [0.1, 0.15) is 11.3 Å². The summed E-state index contributed by atoms with van der Waals surface area (Å²) in [7, 11) is 0. The molecular weight excluding hydrogens is 406 g/mol. The van der Waals surface area contributed by atoms with Crippen LogP contribution in [-0.4, -0.2) is 42.1 Å². The van der Waals surface area contributed by atoms with Gasteiger partial charge < -0.3 is 19.8 Å². The largest absolute Gasteiger partial charge is 0.459 e. The highest BCUT2D eigenvalue weighted by Gasteiger charge is 2.35. The number of nitrogens with zero attached hydrogens (tertiary/aromatic N) is 2.